The minimum absolute atomic E-state index is 0.374. The van der Waals surface area contributed by atoms with E-state index in [0.717, 1.165) is 5.92 Å². The highest BCUT2D eigenvalue weighted by atomic mass is 14.9. The summed E-state index contributed by atoms with van der Waals surface area (Å²) in [4.78, 5) is 0. The maximum Gasteiger partial charge on any atom is 0.0150 e. The zero-order chi connectivity index (χ0) is 9.61. The van der Waals surface area contributed by atoms with Crippen LogP contribution in [0.25, 0.3) is 0 Å². The lowest BCUT2D eigenvalue weighted by Gasteiger charge is -2.29. The van der Waals surface area contributed by atoms with Gasteiger partial charge in [0.15, 0.2) is 0 Å². The molecule has 0 aromatic heterocycles. The van der Waals surface area contributed by atoms with E-state index in [0.29, 0.717) is 5.54 Å². The monoisotopic (exact) mass is 171 g/mol. The van der Waals surface area contributed by atoms with Crippen LogP contribution < -0.4 is 5.32 Å². The summed E-state index contributed by atoms with van der Waals surface area (Å²) < 4.78 is 0. The highest BCUT2D eigenvalue weighted by Gasteiger charge is 2.20. The van der Waals surface area contributed by atoms with Crippen molar-refractivity contribution in [2.24, 2.45) is 5.92 Å². The first-order valence-corrected chi connectivity index (χ1v) is 5.23. The van der Waals surface area contributed by atoms with Crippen LogP contribution in [0.1, 0.15) is 53.4 Å². The van der Waals surface area contributed by atoms with Crippen molar-refractivity contribution < 1.29 is 0 Å². The molecule has 1 heteroatoms. The number of hydrogen-bond donors (Lipinski definition) is 1. The Balaban J connectivity index is 3.78. The lowest BCUT2D eigenvalue weighted by atomic mass is 9.88. The molecule has 0 rings (SSSR count). The second-order valence-corrected chi connectivity index (χ2v) is 4.49. The first kappa shape index (κ1) is 12.0. The molecule has 0 aliphatic heterocycles. The maximum atomic E-state index is 3.43. The van der Waals surface area contributed by atoms with Crippen molar-refractivity contribution in [2.45, 2.75) is 58.9 Å². The molecule has 0 bridgehead atoms. The van der Waals surface area contributed by atoms with Gasteiger partial charge in [0.2, 0.25) is 0 Å². The molecule has 0 aromatic carbocycles. The van der Waals surface area contributed by atoms with Crippen LogP contribution in [0.4, 0.5) is 0 Å². The zero-order valence-electron chi connectivity index (χ0n) is 9.41. The molecule has 1 N–H and O–H groups in total. The molecule has 0 aromatic rings. The lowest BCUT2D eigenvalue weighted by molar-refractivity contribution is 0.303. The van der Waals surface area contributed by atoms with Crippen LogP contribution in [0.5, 0.6) is 0 Å². The topological polar surface area (TPSA) is 12.0 Å². The smallest absolute Gasteiger partial charge is 0.0150 e. The Morgan fingerprint density at radius 3 is 2.17 bits per heavy atom. The van der Waals surface area contributed by atoms with Crippen molar-refractivity contribution >= 4 is 0 Å². The minimum Gasteiger partial charge on any atom is -0.315 e. The molecule has 0 fully saturated rings. The molecule has 0 heterocycles. The third-order valence-electron chi connectivity index (χ3n) is 2.68. The van der Waals surface area contributed by atoms with E-state index in [2.05, 4.69) is 40.1 Å². The van der Waals surface area contributed by atoms with E-state index in [-0.39, 0.29) is 0 Å². The Labute approximate surface area is 77.9 Å². The van der Waals surface area contributed by atoms with Gasteiger partial charge in [-0.15, -0.1) is 0 Å². The molecular weight excluding hydrogens is 146 g/mol. The predicted molar refractivity (Wildman–Crippen MR) is 56.4 cm³/mol. The molecule has 1 unspecified atom stereocenters. The van der Waals surface area contributed by atoms with E-state index in [1.165, 1.54) is 25.7 Å². The average molecular weight is 171 g/mol. The standard InChI is InChI=1S/C11H25N/c1-6-8-11(4,12-5)9-7-10(2)3/h10,12H,6-9H2,1-5H3. The first-order chi connectivity index (χ1) is 5.54. The van der Waals surface area contributed by atoms with Crippen LogP contribution in [-0.2, 0) is 0 Å². The van der Waals surface area contributed by atoms with Crippen LogP contribution in [0, 0.1) is 5.92 Å². The normalized spacial score (nSPS) is 16.5. The quantitative estimate of drug-likeness (QED) is 0.647. The van der Waals surface area contributed by atoms with Crippen molar-refractivity contribution in [3.8, 4) is 0 Å². The molecule has 74 valence electrons. The van der Waals surface area contributed by atoms with Crippen LogP contribution in [0.3, 0.4) is 0 Å². The molecular formula is C11H25N. The van der Waals surface area contributed by atoms with E-state index in [9.17, 15) is 0 Å². The SMILES string of the molecule is CCCC(C)(CCC(C)C)NC. The lowest BCUT2D eigenvalue weighted by Crippen LogP contribution is -2.39. The summed E-state index contributed by atoms with van der Waals surface area (Å²) in [6, 6.07) is 0. The zero-order valence-corrected chi connectivity index (χ0v) is 9.41. The van der Waals surface area contributed by atoms with Crippen molar-refractivity contribution in [3.05, 3.63) is 0 Å². The summed E-state index contributed by atoms with van der Waals surface area (Å²) in [7, 11) is 2.08. The molecule has 0 amide bonds. The molecule has 0 radical (unpaired) electrons. The van der Waals surface area contributed by atoms with Crippen LogP contribution in [-0.4, -0.2) is 12.6 Å². The maximum absolute atomic E-state index is 3.43. The molecule has 0 aliphatic rings. The third-order valence-corrected chi connectivity index (χ3v) is 2.68. The van der Waals surface area contributed by atoms with Gasteiger partial charge in [0.25, 0.3) is 0 Å². The summed E-state index contributed by atoms with van der Waals surface area (Å²) in [5.41, 5.74) is 0.374. The predicted octanol–water partition coefficient (Wildman–Crippen LogP) is 3.20. The van der Waals surface area contributed by atoms with Crippen LogP contribution >= 0.6 is 0 Å². The Hall–Kier alpha value is -0.0400. The fourth-order valence-electron chi connectivity index (χ4n) is 1.53. The molecule has 0 aliphatic carbocycles. The summed E-state index contributed by atoms with van der Waals surface area (Å²) in [5.74, 6) is 0.828. The van der Waals surface area contributed by atoms with Gasteiger partial charge in [-0.05, 0) is 39.2 Å². The summed E-state index contributed by atoms with van der Waals surface area (Å²) in [5, 5.41) is 3.43. The van der Waals surface area contributed by atoms with E-state index in [4.69, 9.17) is 0 Å². The van der Waals surface area contributed by atoms with Gasteiger partial charge in [0.1, 0.15) is 0 Å². The number of rotatable bonds is 6. The Bertz CT molecular complexity index is 110. The van der Waals surface area contributed by atoms with Crippen LogP contribution in [0.2, 0.25) is 0 Å². The fourth-order valence-corrected chi connectivity index (χ4v) is 1.53. The van der Waals surface area contributed by atoms with Gasteiger partial charge in [-0.25, -0.2) is 0 Å². The van der Waals surface area contributed by atoms with Gasteiger partial charge in [-0.1, -0.05) is 27.2 Å². The second-order valence-electron chi connectivity index (χ2n) is 4.49. The van der Waals surface area contributed by atoms with Gasteiger partial charge >= 0.3 is 0 Å². The van der Waals surface area contributed by atoms with Crippen molar-refractivity contribution in [3.63, 3.8) is 0 Å². The van der Waals surface area contributed by atoms with E-state index < -0.39 is 0 Å². The van der Waals surface area contributed by atoms with Crippen molar-refractivity contribution in [1.29, 1.82) is 0 Å². The summed E-state index contributed by atoms with van der Waals surface area (Å²) in [6.07, 6.45) is 5.19. The molecule has 0 saturated carbocycles. The minimum atomic E-state index is 0.374. The molecule has 0 saturated heterocycles. The molecule has 1 nitrogen and oxygen atoms in total. The van der Waals surface area contributed by atoms with Gasteiger partial charge < -0.3 is 5.32 Å². The Morgan fingerprint density at radius 2 is 1.83 bits per heavy atom. The Kier molecular flexibility index (Phi) is 5.56. The second kappa shape index (κ2) is 5.58. The fraction of sp³-hybridized carbons (Fsp3) is 1.00. The molecule has 1 atom stereocenters. The third kappa shape index (κ3) is 4.76. The molecule has 12 heavy (non-hydrogen) atoms. The van der Waals surface area contributed by atoms with Gasteiger partial charge in [-0.3, -0.25) is 0 Å². The summed E-state index contributed by atoms with van der Waals surface area (Å²) >= 11 is 0. The van der Waals surface area contributed by atoms with Crippen molar-refractivity contribution in [2.75, 3.05) is 7.05 Å². The highest BCUT2D eigenvalue weighted by Crippen LogP contribution is 2.20. The van der Waals surface area contributed by atoms with Crippen molar-refractivity contribution in [1.82, 2.24) is 5.32 Å². The van der Waals surface area contributed by atoms with E-state index in [1.807, 2.05) is 0 Å². The highest BCUT2D eigenvalue weighted by molar-refractivity contribution is 4.80. The summed E-state index contributed by atoms with van der Waals surface area (Å²) in [6.45, 7) is 9.17. The van der Waals surface area contributed by atoms with E-state index in [1.54, 1.807) is 0 Å². The van der Waals surface area contributed by atoms with Crippen LogP contribution in [0.15, 0.2) is 0 Å². The Morgan fingerprint density at radius 1 is 1.25 bits per heavy atom. The van der Waals surface area contributed by atoms with Gasteiger partial charge in [0, 0.05) is 5.54 Å². The largest absolute Gasteiger partial charge is 0.315 e. The van der Waals surface area contributed by atoms with Gasteiger partial charge in [0.05, 0.1) is 0 Å². The van der Waals surface area contributed by atoms with E-state index >= 15 is 0 Å². The molecule has 0 spiro atoms. The average Bonchev–Trinajstić information content (AvgIpc) is 2.02. The number of hydrogen-bond acceptors (Lipinski definition) is 1. The first-order valence-electron chi connectivity index (χ1n) is 5.23. The van der Waals surface area contributed by atoms with Gasteiger partial charge in [-0.2, -0.15) is 0 Å². The number of nitrogens with one attached hydrogen (secondary N) is 1.